The molecule has 0 aromatic carbocycles. The van der Waals surface area contributed by atoms with Gasteiger partial charge in [-0.1, -0.05) is 38.3 Å². The van der Waals surface area contributed by atoms with Crippen LogP contribution < -0.4 is 4.90 Å². The minimum absolute atomic E-state index is 0.231. The van der Waals surface area contributed by atoms with Crippen LogP contribution in [0.4, 0.5) is 5.82 Å². The average Bonchev–Trinajstić information content (AvgIpc) is 2.78. The third kappa shape index (κ3) is 3.23. The SMILES string of the molecule is Cc1c(Cl)nc(C(C)C)nc1N(C)CC1(O)CCCC1. The quantitative estimate of drug-likeness (QED) is 0.866. The van der Waals surface area contributed by atoms with E-state index in [2.05, 4.69) is 23.8 Å². The summed E-state index contributed by atoms with van der Waals surface area (Å²) in [5, 5.41) is 11.0. The number of hydrogen-bond donors (Lipinski definition) is 1. The van der Waals surface area contributed by atoms with Gasteiger partial charge in [0.05, 0.1) is 5.60 Å². The zero-order chi connectivity index (χ0) is 14.9. The van der Waals surface area contributed by atoms with Crippen molar-refractivity contribution < 1.29 is 5.11 Å². The molecule has 0 unspecified atom stereocenters. The first kappa shape index (κ1) is 15.5. The van der Waals surface area contributed by atoms with Crippen molar-refractivity contribution in [3.05, 3.63) is 16.5 Å². The van der Waals surface area contributed by atoms with E-state index >= 15 is 0 Å². The molecule has 1 fully saturated rings. The minimum atomic E-state index is -0.587. The Morgan fingerprint density at radius 2 is 1.90 bits per heavy atom. The topological polar surface area (TPSA) is 49.2 Å². The molecule has 1 N–H and O–H groups in total. The first-order valence-electron chi connectivity index (χ1n) is 7.30. The van der Waals surface area contributed by atoms with Crippen LogP contribution in [0.5, 0.6) is 0 Å². The van der Waals surface area contributed by atoms with Crippen LogP contribution in [-0.4, -0.2) is 34.3 Å². The van der Waals surface area contributed by atoms with Crippen molar-refractivity contribution in [2.24, 2.45) is 0 Å². The summed E-state index contributed by atoms with van der Waals surface area (Å²) in [5.74, 6) is 1.81. The summed E-state index contributed by atoms with van der Waals surface area (Å²) in [6, 6.07) is 0. The van der Waals surface area contributed by atoms with E-state index < -0.39 is 5.60 Å². The Morgan fingerprint density at radius 1 is 1.30 bits per heavy atom. The van der Waals surface area contributed by atoms with E-state index in [-0.39, 0.29) is 5.92 Å². The van der Waals surface area contributed by atoms with Gasteiger partial charge in [-0.25, -0.2) is 9.97 Å². The third-order valence-corrected chi connectivity index (χ3v) is 4.39. The van der Waals surface area contributed by atoms with Gasteiger partial charge in [0.15, 0.2) is 0 Å². The highest BCUT2D eigenvalue weighted by Crippen LogP contribution is 2.32. The fourth-order valence-corrected chi connectivity index (χ4v) is 3.00. The van der Waals surface area contributed by atoms with Crippen LogP contribution in [0.2, 0.25) is 5.15 Å². The molecule has 0 radical (unpaired) electrons. The van der Waals surface area contributed by atoms with Crippen LogP contribution in [0.3, 0.4) is 0 Å². The molecule has 0 saturated heterocycles. The van der Waals surface area contributed by atoms with Gasteiger partial charge in [-0.05, 0) is 19.8 Å². The van der Waals surface area contributed by atoms with Crippen LogP contribution >= 0.6 is 11.6 Å². The van der Waals surface area contributed by atoms with Crippen LogP contribution in [0.15, 0.2) is 0 Å². The van der Waals surface area contributed by atoms with Crippen molar-refractivity contribution in [1.82, 2.24) is 9.97 Å². The number of halogens is 1. The smallest absolute Gasteiger partial charge is 0.137 e. The lowest BCUT2D eigenvalue weighted by atomic mass is 10.0. The van der Waals surface area contributed by atoms with E-state index in [0.717, 1.165) is 42.9 Å². The van der Waals surface area contributed by atoms with Crippen LogP contribution in [0.25, 0.3) is 0 Å². The second kappa shape index (κ2) is 5.86. The molecular weight excluding hydrogens is 274 g/mol. The molecule has 4 nitrogen and oxygen atoms in total. The maximum absolute atomic E-state index is 10.5. The molecule has 1 saturated carbocycles. The second-order valence-corrected chi connectivity index (χ2v) is 6.62. The van der Waals surface area contributed by atoms with Gasteiger partial charge >= 0.3 is 0 Å². The molecule has 20 heavy (non-hydrogen) atoms. The van der Waals surface area contributed by atoms with Gasteiger partial charge in [0.1, 0.15) is 16.8 Å². The average molecular weight is 298 g/mol. The fourth-order valence-electron chi connectivity index (χ4n) is 2.83. The lowest BCUT2D eigenvalue weighted by Crippen LogP contribution is -2.40. The first-order valence-corrected chi connectivity index (χ1v) is 7.68. The van der Waals surface area contributed by atoms with Crippen molar-refractivity contribution in [3.63, 3.8) is 0 Å². The van der Waals surface area contributed by atoms with Gasteiger partial charge in [0, 0.05) is 25.1 Å². The summed E-state index contributed by atoms with van der Waals surface area (Å²) >= 11 is 6.22. The van der Waals surface area contributed by atoms with Gasteiger partial charge in [-0.3, -0.25) is 0 Å². The zero-order valence-corrected chi connectivity index (χ0v) is 13.5. The summed E-state index contributed by atoms with van der Waals surface area (Å²) in [7, 11) is 1.96. The van der Waals surface area contributed by atoms with Crippen molar-refractivity contribution in [2.45, 2.75) is 58.0 Å². The Morgan fingerprint density at radius 3 is 2.45 bits per heavy atom. The van der Waals surface area contributed by atoms with Gasteiger partial charge in [-0.2, -0.15) is 0 Å². The van der Waals surface area contributed by atoms with Crippen molar-refractivity contribution >= 4 is 17.4 Å². The standard InChI is InChI=1S/C15H24ClN3O/c1-10(2)13-17-12(16)11(3)14(18-13)19(4)9-15(20)7-5-6-8-15/h10,20H,5-9H2,1-4H3. The van der Waals surface area contributed by atoms with Gasteiger partial charge in [0.2, 0.25) is 0 Å². The largest absolute Gasteiger partial charge is 0.388 e. The van der Waals surface area contributed by atoms with Gasteiger partial charge in [-0.15, -0.1) is 0 Å². The minimum Gasteiger partial charge on any atom is -0.388 e. The molecule has 1 heterocycles. The number of nitrogens with zero attached hydrogens (tertiary/aromatic N) is 3. The maximum Gasteiger partial charge on any atom is 0.137 e. The van der Waals surface area contributed by atoms with E-state index in [9.17, 15) is 5.11 Å². The number of aromatic nitrogens is 2. The Hall–Kier alpha value is -0.870. The molecule has 1 aromatic heterocycles. The second-order valence-electron chi connectivity index (χ2n) is 6.26. The summed E-state index contributed by atoms with van der Waals surface area (Å²) in [6.45, 7) is 6.63. The molecule has 112 valence electrons. The molecule has 1 aliphatic carbocycles. The predicted octanol–water partition coefficient (Wildman–Crippen LogP) is 3.30. The summed E-state index contributed by atoms with van der Waals surface area (Å²) in [5.41, 5.74) is 0.288. The lowest BCUT2D eigenvalue weighted by molar-refractivity contribution is 0.0557. The van der Waals surface area contributed by atoms with Crippen molar-refractivity contribution in [3.8, 4) is 0 Å². The lowest BCUT2D eigenvalue weighted by Gasteiger charge is -2.30. The summed E-state index contributed by atoms with van der Waals surface area (Å²) in [4.78, 5) is 11.0. The first-order chi connectivity index (χ1) is 9.32. The Labute approximate surface area is 126 Å². The summed E-state index contributed by atoms with van der Waals surface area (Å²) < 4.78 is 0. The number of likely N-dealkylation sites (N-methyl/N-ethyl adjacent to an activating group) is 1. The molecular formula is C15H24ClN3O. The van der Waals surface area contributed by atoms with E-state index in [1.165, 1.54) is 0 Å². The highest BCUT2D eigenvalue weighted by molar-refractivity contribution is 6.30. The molecule has 1 aromatic rings. The molecule has 0 spiro atoms. The number of rotatable bonds is 4. The molecule has 0 bridgehead atoms. The Kier molecular flexibility index (Phi) is 4.55. The van der Waals surface area contributed by atoms with Gasteiger partial charge < -0.3 is 10.0 Å². The van der Waals surface area contributed by atoms with Crippen molar-refractivity contribution in [2.75, 3.05) is 18.5 Å². The highest BCUT2D eigenvalue weighted by atomic mass is 35.5. The van der Waals surface area contributed by atoms with E-state index in [1.54, 1.807) is 0 Å². The maximum atomic E-state index is 10.5. The van der Waals surface area contributed by atoms with Crippen LogP contribution in [-0.2, 0) is 0 Å². The van der Waals surface area contributed by atoms with E-state index in [4.69, 9.17) is 11.6 Å². The predicted molar refractivity (Wildman–Crippen MR) is 82.6 cm³/mol. The zero-order valence-electron chi connectivity index (χ0n) is 12.8. The van der Waals surface area contributed by atoms with Crippen molar-refractivity contribution in [1.29, 1.82) is 0 Å². The molecule has 0 aliphatic heterocycles. The summed E-state index contributed by atoms with van der Waals surface area (Å²) in [6.07, 6.45) is 3.94. The van der Waals surface area contributed by atoms with E-state index in [1.807, 2.05) is 18.9 Å². The molecule has 0 amide bonds. The number of anilines is 1. The van der Waals surface area contributed by atoms with Crippen LogP contribution in [0.1, 0.15) is 56.8 Å². The normalized spacial score (nSPS) is 17.8. The Bertz CT molecular complexity index is 484. The van der Waals surface area contributed by atoms with Crippen LogP contribution in [0, 0.1) is 6.92 Å². The number of hydrogen-bond acceptors (Lipinski definition) is 4. The third-order valence-electron chi connectivity index (χ3n) is 4.02. The number of aliphatic hydroxyl groups is 1. The monoisotopic (exact) mass is 297 g/mol. The molecule has 5 heteroatoms. The Balaban J connectivity index is 2.26. The molecule has 2 rings (SSSR count). The van der Waals surface area contributed by atoms with Gasteiger partial charge in [0.25, 0.3) is 0 Å². The molecule has 0 atom stereocenters. The van der Waals surface area contributed by atoms with E-state index in [0.29, 0.717) is 11.7 Å². The molecule has 1 aliphatic rings. The highest BCUT2D eigenvalue weighted by Gasteiger charge is 2.33. The fraction of sp³-hybridized carbons (Fsp3) is 0.733.